The van der Waals surface area contributed by atoms with Crippen LogP contribution in [0.4, 0.5) is 10.7 Å². The summed E-state index contributed by atoms with van der Waals surface area (Å²) in [5.74, 6) is 0.405. The fourth-order valence-electron chi connectivity index (χ4n) is 1.66. The van der Waals surface area contributed by atoms with Gasteiger partial charge in [0.05, 0.1) is 6.10 Å². The minimum atomic E-state index is -0.163. The highest BCUT2D eigenvalue weighted by Crippen LogP contribution is 2.43. The van der Waals surface area contributed by atoms with Gasteiger partial charge < -0.3 is 21.1 Å². The van der Waals surface area contributed by atoms with Crippen LogP contribution in [0.15, 0.2) is 11.6 Å². The van der Waals surface area contributed by atoms with E-state index in [0.29, 0.717) is 29.4 Å². The maximum Gasteiger partial charge on any atom is 0.263 e. The number of rotatable bonds is 7. The molecule has 5 nitrogen and oxygen atoms in total. The van der Waals surface area contributed by atoms with Crippen LogP contribution >= 0.6 is 11.3 Å². The standard InChI is InChI=1S/C15H25N3O2S/c1-6-17-14(19)13-11(16)12(20-10(4)5)15(21-13)18-8-7-9(2)3/h7,10,18H,6,8,16H2,1-5H3,(H,17,19). The first kappa shape index (κ1) is 17.4. The quantitative estimate of drug-likeness (QED) is 0.676. The molecule has 0 radical (unpaired) electrons. The summed E-state index contributed by atoms with van der Waals surface area (Å²) in [6, 6.07) is 0. The Morgan fingerprint density at radius 1 is 1.43 bits per heavy atom. The SMILES string of the molecule is CCNC(=O)c1sc(NCC=C(C)C)c(OC(C)C)c1N. The molecule has 21 heavy (non-hydrogen) atoms. The highest BCUT2D eigenvalue weighted by Gasteiger charge is 2.22. The van der Waals surface area contributed by atoms with Crippen molar-refractivity contribution in [1.82, 2.24) is 5.32 Å². The average Bonchev–Trinajstić information content (AvgIpc) is 2.67. The fourth-order valence-corrected chi connectivity index (χ4v) is 2.63. The number of hydrogen-bond acceptors (Lipinski definition) is 5. The van der Waals surface area contributed by atoms with E-state index in [4.69, 9.17) is 10.5 Å². The summed E-state index contributed by atoms with van der Waals surface area (Å²) in [5, 5.41) is 6.82. The highest BCUT2D eigenvalue weighted by molar-refractivity contribution is 7.19. The molecule has 0 saturated heterocycles. The molecule has 1 aromatic heterocycles. The number of carbonyl (C=O) groups is 1. The van der Waals surface area contributed by atoms with E-state index in [0.717, 1.165) is 5.00 Å². The molecule has 1 heterocycles. The zero-order valence-electron chi connectivity index (χ0n) is 13.4. The smallest absolute Gasteiger partial charge is 0.263 e. The molecule has 1 amide bonds. The van der Waals surface area contributed by atoms with E-state index in [1.165, 1.54) is 16.9 Å². The number of nitrogen functional groups attached to an aromatic ring is 1. The molecule has 0 atom stereocenters. The first-order chi connectivity index (χ1) is 9.86. The molecule has 6 heteroatoms. The van der Waals surface area contributed by atoms with E-state index in [-0.39, 0.29) is 12.0 Å². The average molecular weight is 311 g/mol. The van der Waals surface area contributed by atoms with E-state index in [1.54, 1.807) is 0 Å². The van der Waals surface area contributed by atoms with Crippen LogP contribution < -0.4 is 21.1 Å². The molecule has 0 saturated carbocycles. The largest absolute Gasteiger partial charge is 0.486 e. The third-order valence-electron chi connectivity index (χ3n) is 2.57. The lowest BCUT2D eigenvalue weighted by molar-refractivity contribution is 0.0960. The van der Waals surface area contributed by atoms with Crippen molar-refractivity contribution in [2.75, 3.05) is 24.1 Å². The number of hydrogen-bond donors (Lipinski definition) is 3. The molecule has 4 N–H and O–H groups in total. The van der Waals surface area contributed by atoms with Gasteiger partial charge in [-0.1, -0.05) is 11.6 Å². The minimum absolute atomic E-state index is 0.00649. The Morgan fingerprint density at radius 2 is 2.10 bits per heavy atom. The molecular formula is C15H25N3O2S. The molecule has 0 bridgehead atoms. The maximum atomic E-state index is 12.0. The predicted molar refractivity (Wildman–Crippen MR) is 90.4 cm³/mol. The first-order valence-electron chi connectivity index (χ1n) is 7.11. The van der Waals surface area contributed by atoms with Crippen LogP contribution in [-0.2, 0) is 0 Å². The van der Waals surface area contributed by atoms with Gasteiger partial charge in [-0.25, -0.2) is 0 Å². The number of amides is 1. The number of allylic oxidation sites excluding steroid dienone is 1. The van der Waals surface area contributed by atoms with E-state index >= 15 is 0 Å². The highest BCUT2D eigenvalue weighted by atomic mass is 32.1. The van der Waals surface area contributed by atoms with Crippen LogP contribution in [-0.4, -0.2) is 25.1 Å². The third kappa shape index (κ3) is 4.97. The number of nitrogens with one attached hydrogen (secondary N) is 2. The van der Waals surface area contributed by atoms with Gasteiger partial charge in [0.1, 0.15) is 15.6 Å². The second kappa shape index (κ2) is 7.93. The minimum Gasteiger partial charge on any atom is -0.486 e. The molecule has 0 aliphatic heterocycles. The zero-order valence-corrected chi connectivity index (χ0v) is 14.2. The van der Waals surface area contributed by atoms with Gasteiger partial charge in [-0.05, 0) is 34.6 Å². The topological polar surface area (TPSA) is 76.4 Å². The van der Waals surface area contributed by atoms with Gasteiger partial charge in [-0.15, -0.1) is 11.3 Å². The van der Waals surface area contributed by atoms with Crippen LogP contribution in [0.1, 0.15) is 44.3 Å². The Balaban J connectivity index is 3.05. The van der Waals surface area contributed by atoms with Crippen molar-refractivity contribution in [3.63, 3.8) is 0 Å². The lowest BCUT2D eigenvalue weighted by atomic mass is 10.3. The Hall–Kier alpha value is -1.69. The number of nitrogens with two attached hydrogens (primary N) is 1. The molecular weight excluding hydrogens is 286 g/mol. The van der Waals surface area contributed by atoms with Crippen molar-refractivity contribution in [2.24, 2.45) is 0 Å². The van der Waals surface area contributed by atoms with Crippen LogP contribution in [0.25, 0.3) is 0 Å². The normalized spacial score (nSPS) is 10.4. The summed E-state index contributed by atoms with van der Waals surface area (Å²) in [6.07, 6.45) is 2.06. The van der Waals surface area contributed by atoms with E-state index in [2.05, 4.69) is 16.7 Å². The van der Waals surface area contributed by atoms with Crippen molar-refractivity contribution < 1.29 is 9.53 Å². The van der Waals surface area contributed by atoms with E-state index < -0.39 is 0 Å². The second-order valence-electron chi connectivity index (χ2n) is 5.19. The summed E-state index contributed by atoms with van der Waals surface area (Å²) in [7, 11) is 0. The third-order valence-corrected chi connectivity index (χ3v) is 3.71. The molecule has 0 spiro atoms. The van der Waals surface area contributed by atoms with E-state index in [9.17, 15) is 4.79 Å². The van der Waals surface area contributed by atoms with Crippen LogP contribution in [0.2, 0.25) is 0 Å². The monoisotopic (exact) mass is 311 g/mol. The molecule has 0 aromatic carbocycles. The number of carbonyl (C=O) groups excluding carboxylic acids is 1. The predicted octanol–water partition coefficient (Wildman–Crippen LogP) is 3.25. The fraction of sp³-hybridized carbons (Fsp3) is 0.533. The van der Waals surface area contributed by atoms with Crippen LogP contribution in [0.5, 0.6) is 5.75 Å². The first-order valence-corrected chi connectivity index (χ1v) is 7.92. The van der Waals surface area contributed by atoms with Gasteiger partial charge in [0.2, 0.25) is 0 Å². The summed E-state index contributed by atoms with van der Waals surface area (Å²) in [4.78, 5) is 12.5. The maximum absolute atomic E-state index is 12.0. The second-order valence-corrected chi connectivity index (χ2v) is 6.21. The van der Waals surface area contributed by atoms with Crippen molar-refractivity contribution in [1.29, 1.82) is 0 Å². The number of ether oxygens (including phenoxy) is 1. The Kier molecular flexibility index (Phi) is 6.55. The number of anilines is 2. The lowest BCUT2D eigenvalue weighted by Gasteiger charge is -2.12. The molecule has 0 fully saturated rings. The summed E-state index contributed by atoms with van der Waals surface area (Å²) >= 11 is 1.33. The van der Waals surface area contributed by atoms with Crippen molar-refractivity contribution in [3.05, 3.63) is 16.5 Å². The van der Waals surface area contributed by atoms with Gasteiger partial charge in [0.25, 0.3) is 5.91 Å². The Bertz CT molecular complexity index is 517. The van der Waals surface area contributed by atoms with E-state index in [1.807, 2.05) is 34.6 Å². The van der Waals surface area contributed by atoms with Crippen LogP contribution in [0, 0.1) is 0 Å². The van der Waals surface area contributed by atoms with Gasteiger partial charge >= 0.3 is 0 Å². The van der Waals surface area contributed by atoms with Crippen LogP contribution in [0.3, 0.4) is 0 Å². The van der Waals surface area contributed by atoms with Crippen molar-refractivity contribution in [2.45, 2.75) is 40.7 Å². The summed E-state index contributed by atoms with van der Waals surface area (Å²) < 4.78 is 5.76. The van der Waals surface area contributed by atoms with Gasteiger partial charge in [-0.2, -0.15) is 0 Å². The van der Waals surface area contributed by atoms with Gasteiger partial charge in [0, 0.05) is 13.1 Å². The molecule has 118 valence electrons. The number of thiophene rings is 1. The molecule has 0 aliphatic carbocycles. The van der Waals surface area contributed by atoms with Crippen molar-refractivity contribution >= 4 is 27.9 Å². The molecule has 0 unspecified atom stereocenters. The molecule has 1 aromatic rings. The van der Waals surface area contributed by atoms with Gasteiger partial charge in [-0.3, -0.25) is 4.79 Å². The van der Waals surface area contributed by atoms with Crippen molar-refractivity contribution in [3.8, 4) is 5.75 Å². The molecule has 1 rings (SSSR count). The zero-order chi connectivity index (χ0) is 16.0. The summed E-state index contributed by atoms with van der Waals surface area (Å²) in [6.45, 7) is 11.1. The van der Waals surface area contributed by atoms with Gasteiger partial charge in [0.15, 0.2) is 5.75 Å². The lowest BCUT2D eigenvalue weighted by Crippen LogP contribution is -2.22. The Morgan fingerprint density at radius 3 is 2.62 bits per heavy atom. The Labute approximate surface area is 130 Å². The molecule has 0 aliphatic rings. The summed E-state index contributed by atoms with van der Waals surface area (Å²) in [5.41, 5.74) is 7.71.